The summed E-state index contributed by atoms with van der Waals surface area (Å²) in [5.74, 6) is 0.398. The van der Waals surface area contributed by atoms with Crippen molar-refractivity contribution in [2.45, 2.75) is 6.92 Å². The van der Waals surface area contributed by atoms with E-state index in [0.29, 0.717) is 32.9 Å². The number of carbonyl (C=O) groups excluding carboxylic acids is 1. The fraction of sp³-hybridized carbons (Fsp3) is 0.0909. The molecule has 0 radical (unpaired) electrons. The molecular weight excluding hydrogens is 376 g/mol. The molecular formula is C22H16O5S. The van der Waals surface area contributed by atoms with Crippen LogP contribution in [0.15, 0.2) is 69.9 Å². The summed E-state index contributed by atoms with van der Waals surface area (Å²) in [6.07, 6.45) is 0. The third-order valence-electron chi connectivity index (χ3n) is 4.29. The quantitative estimate of drug-likeness (QED) is 0.359. The normalized spacial score (nSPS) is 10.8. The SMILES string of the molecule is COc1cccc(C(=O)Oc2cc(-c3ccc(C)cc3)c3oc(=O)sc3c2)c1. The lowest BCUT2D eigenvalue weighted by molar-refractivity contribution is 0.0734. The van der Waals surface area contributed by atoms with Gasteiger partial charge in [-0.3, -0.25) is 0 Å². The van der Waals surface area contributed by atoms with Crippen molar-refractivity contribution in [2.75, 3.05) is 7.11 Å². The van der Waals surface area contributed by atoms with Crippen LogP contribution in [0.1, 0.15) is 15.9 Å². The third-order valence-corrected chi connectivity index (χ3v) is 5.06. The molecule has 0 unspecified atom stereocenters. The van der Waals surface area contributed by atoms with Crippen molar-refractivity contribution < 1.29 is 18.7 Å². The first kappa shape index (κ1) is 18.0. The summed E-state index contributed by atoms with van der Waals surface area (Å²) < 4.78 is 16.7. The zero-order valence-corrected chi connectivity index (χ0v) is 16.0. The molecule has 1 aromatic heterocycles. The van der Waals surface area contributed by atoms with Crippen LogP contribution in [0.2, 0.25) is 0 Å². The van der Waals surface area contributed by atoms with E-state index < -0.39 is 10.9 Å². The highest BCUT2D eigenvalue weighted by molar-refractivity contribution is 7.16. The largest absolute Gasteiger partial charge is 0.497 e. The molecule has 0 N–H and O–H groups in total. The average Bonchev–Trinajstić information content (AvgIpc) is 3.08. The molecule has 0 aliphatic heterocycles. The van der Waals surface area contributed by atoms with Gasteiger partial charge in [-0.1, -0.05) is 47.2 Å². The third kappa shape index (κ3) is 3.54. The molecule has 3 aromatic carbocycles. The molecule has 0 amide bonds. The lowest BCUT2D eigenvalue weighted by Gasteiger charge is -2.09. The van der Waals surface area contributed by atoms with Gasteiger partial charge in [-0.25, -0.2) is 9.59 Å². The maximum Gasteiger partial charge on any atom is 0.396 e. The molecule has 0 aliphatic rings. The molecule has 28 heavy (non-hydrogen) atoms. The van der Waals surface area contributed by atoms with Gasteiger partial charge in [-0.15, -0.1) is 0 Å². The molecule has 4 rings (SSSR count). The lowest BCUT2D eigenvalue weighted by atomic mass is 10.0. The van der Waals surface area contributed by atoms with E-state index in [9.17, 15) is 9.59 Å². The highest BCUT2D eigenvalue weighted by atomic mass is 32.1. The first-order chi connectivity index (χ1) is 13.5. The van der Waals surface area contributed by atoms with E-state index in [1.54, 1.807) is 36.4 Å². The fourth-order valence-electron chi connectivity index (χ4n) is 2.87. The lowest BCUT2D eigenvalue weighted by Crippen LogP contribution is -2.08. The van der Waals surface area contributed by atoms with E-state index in [2.05, 4.69) is 0 Å². The second-order valence-electron chi connectivity index (χ2n) is 6.24. The number of rotatable bonds is 4. The van der Waals surface area contributed by atoms with Gasteiger partial charge in [0.15, 0.2) is 5.58 Å². The van der Waals surface area contributed by atoms with Crippen LogP contribution < -0.4 is 14.4 Å². The number of aryl methyl sites for hydroxylation is 1. The molecule has 5 nitrogen and oxygen atoms in total. The van der Waals surface area contributed by atoms with E-state index in [-0.39, 0.29) is 0 Å². The summed E-state index contributed by atoms with van der Waals surface area (Å²) in [5.41, 5.74) is 3.55. The summed E-state index contributed by atoms with van der Waals surface area (Å²) in [6.45, 7) is 2.00. The molecule has 6 heteroatoms. The first-order valence-corrected chi connectivity index (χ1v) is 9.36. The van der Waals surface area contributed by atoms with Gasteiger partial charge in [0.2, 0.25) is 0 Å². The Morgan fingerprint density at radius 2 is 1.79 bits per heavy atom. The van der Waals surface area contributed by atoms with E-state index in [4.69, 9.17) is 13.9 Å². The Bertz CT molecular complexity index is 1220. The molecule has 1 heterocycles. The number of fused-ring (bicyclic) bond motifs is 1. The van der Waals surface area contributed by atoms with Gasteiger partial charge in [0.1, 0.15) is 11.5 Å². The van der Waals surface area contributed by atoms with E-state index in [0.717, 1.165) is 22.5 Å². The zero-order chi connectivity index (χ0) is 19.7. The van der Waals surface area contributed by atoms with Crippen molar-refractivity contribution in [1.29, 1.82) is 0 Å². The zero-order valence-electron chi connectivity index (χ0n) is 15.2. The number of hydrogen-bond acceptors (Lipinski definition) is 6. The van der Waals surface area contributed by atoms with E-state index >= 15 is 0 Å². The molecule has 4 aromatic rings. The number of carbonyl (C=O) groups is 1. The van der Waals surface area contributed by atoms with Crippen LogP contribution >= 0.6 is 11.3 Å². The Morgan fingerprint density at radius 1 is 1.00 bits per heavy atom. The first-order valence-electron chi connectivity index (χ1n) is 8.54. The molecule has 0 bridgehead atoms. The topological polar surface area (TPSA) is 65.7 Å². The van der Waals surface area contributed by atoms with Crippen LogP contribution in [-0.2, 0) is 0 Å². The Hall–Kier alpha value is -3.38. The summed E-state index contributed by atoms with van der Waals surface area (Å²) in [5, 5.41) is 0. The number of hydrogen-bond donors (Lipinski definition) is 0. The standard InChI is InChI=1S/C22H16O5S/c1-13-6-8-14(9-7-13)18-11-17(12-19-20(18)27-22(24)28-19)26-21(23)15-4-3-5-16(10-15)25-2/h3-12H,1-2H3. The smallest absolute Gasteiger partial charge is 0.396 e. The van der Waals surface area contributed by atoms with Crippen molar-refractivity contribution in [3.05, 3.63) is 81.5 Å². The average molecular weight is 392 g/mol. The van der Waals surface area contributed by atoms with Crippen molar-refractivity contribution in [3.63, 3.8) is 0 Å². The van der Waals surface area contributed by atoms with Crippen LogP contribution in [-0.4, -0.2) is 13.1 Å². The van der Waals surface area contributed by atoms with Gasteiger partial charge in [0.05, 0.1) is 17.4 Å². The maximum atomic E-state index is 12.6. The maximum absolute atomic E-state index is 12.6. The fourth-order valence-corrected chi connectivity index (χ4v) is 3.60. The van der Waals surface area contributed by atoms with Crippen molar-refractivity contribution in [2.24, 2.45) is 0 Å². The molecule has 0 aliphatic carbocycles. The Morgan fingerprint density at radius 3 is 2.54 bits per heavy atom. The molecule has 0 saturated heterocycles. The van der Waals surface area contributed by atoms with Gasteiger partial charge in [0.25, 0.3) is 0 Å². The number of methoxy groups -OCH3 is 1. The van der Waals surface area contributed by atoms with Crippen molar-refractivity contribution >= 4 is 27.6 Å². The minimum atomic E-state index is -0.510. The van der Waals surface area contributed by atoms with Crippen molar-refractivity contribution in [3.8, 4) is 22.6 Å². The number of benzene rings is 3. The van der Waals surface area contributed by atoms with Gasteiger partial charge >= 0.3 is 10.9 Å². The second-order valence-corrected chi connectivity index (χ2v) is 7.22. The molecule has 0 saturated carbocycles. The summed E-state index contributed by atoms with van der Waals surface area (Å²) in [6, 6.07) is 17.9. The summed E-state index contributed by atoms with van der Waals surface area (Å²) in [4.78, 5) is 23.9. The number of esters is 1. The van der Waals surface area contributed by atoms with Gasteiger partial charge in [-0.2, -0.15) is 0 Å². The predicted molar refractivity (Wildman–Crippen MR) is 108 cm³/mol. The second kappa shape index (κ2) is 7.32. The molecule has 0 atom stereocenters. The summed E-state index contributed by atoms with van der Waals surface area (Å²) >= 11 is 0.974. The predicted octanol–water partition coefficient (Wildman–Crippen LogP) is 5.06. The van der Waals surface area contributed by atoms with Gasteiger partial charge in [0, 0.05) is 11.6 Å². The van der Waals surface area contributed by atoms with Crippen molar-refractivity contribution in [1.82, 2.24) is 0 Å². The van der Waals surface area contributed by atoms with Crippen LogP contribution in [0.25, 0.3) is 21.4 Å². The Kier molecular flexibility index (Phi) is 4.71. The molecule has 0 fully saturated rings. The van der Waals surface area contributed by atoms with Crippen LogP contribution in [0.3, 0.4) is 0 Å². The monoisotopic (exact) mass is 392 g/mol. The van der Waals surface area contributed by atoms with Crippen LogP contribution in [0.5, 0.6) is 11.5 Å². The Labute approximate surface area is 164 Å². The van der Waals surface area contributed by atoms with E-state index in [1.165, 1.54) is 7.11 Å². The van der Waals surface area contributed by atoms with Crippen LogP contribution in [0, 0.1) is 6.92 Å². The minimum absolute atomic E-state index is 0.341. The minimum Gasteiger partial charge on any atom is -0.497 e. The highest BCUT2D eigenvalue weighted by Crippen LogP contribution is 2.35. The Balaban J connectivity index is 1.76. The highest BCUT2D eigenvalue weighted by Gasteiger charge is 2.16. The molecule has 0 spiro atoms. The van der Waals surface area contributed by atoms with Gasteiger partial charge in [-0.05, 0) is 36.8 Å². The number of ether oxygens (including phenoxy) is 2. The summed E-state index contributed by atoms with van der Waals surface area (Å²) in [7, 11) is 1.53. The van der Waals surface area contributed by atoms with Crippen LogP contribution in [0.4, 0.5) is 0 Å². The molecule has 140 valence electrons. The van der Waals surface area contributed by atoms with E-state index in [1.807, 2.05) is 31.2 Å². The van der Waals surface area contributed by atoms with Gasteiger partial charge < -0.3 is 13.9 Å².